The van der Waals surface area contributed by atoms with Crippen molar-refractivity contribution in [2.75, 3.05) is 13.1 Å². The van der Waals surface area contributed by atoms with Gasteiger partial charge in [-0.3, -0.25) is 9.59 Å². The number of amides is 2. The van der Waals surface area contributed by atoms with E-state index < -0.39 is 10.0 Å². The van der Waals surface area contributed by atoms with Crippen LogP contribution in [0.1, 0.15) is 55.6 Å². The molecule has 1 saturated heterocycles. The summed E-state index contributed by atoms with van der Waals surface area (Å²) in [4.78, 5) is 27.3. The van der Waals surface area contributed by atoms with Gasteiger partial charge in [0.2, 0.25) is 15.9 Å². The molecule has 3 rings (SSSR count). The van der Waals surface area contributed by atoms with Gasteiger partial charge in [0, 0.05) is 24.7 Å². The Morgan fingerprint density at radius 2 is 1.91 bits per heavy atom. The Morgan fingerprint density at radius 3 is 2.56 bits per heavy atom. The van der Waals surface area contributed by atoms with Crippen LogP contribution in [0.15, 0.2) is 52.0 Å². The molecule has 0 bridgehead atoms. The average Bonchev–Trinajstić information content (AvgIpc) is 3.32. The first-order valence-corrected chi connectivity index (χ1v) is 12.5. The summed E-state index contributed by atoms with van der Waals surface area (Å²) < 4.78 is 32.6. The predicted octanol–water partition coefficient (Wildman–Crippen LogP) is 2.92. The monoisotopic (exact) mass is 461 g/mol. The molecular weight excluding hydrogens is 430 g/mol. The first-order valence-electron chi connectivity index (χ1n) is 11.0. The molecule has 2 aromatic rings. The number of sulfonamides is 1. The molecule has 2 N–H and O–H groups in total. The fourth-order valence-electron chi connectivity index (χ4n) is 3.74. The minimum Gasteiger partial charge on any atom is -0.468 e. The number of unbranched alkanes of at least 4 members (excludes halogenated alkanes) is 1. The molecule has 1 fully saturated rings. The third kappa shape index (κ3) is 5.98. The highest BCUT2D eigenvalue weighted by Gasteiger charge is 2.33. The second-order valence-electron chi connectivity index (χ2n) is 8.15. The van der Waals surface area contributed by atoms with Crippen LogP contribution in [-0.4, -0.2) is 44.3 Å². The van der Waals surface area contributed by atoms with Gasteiger partial charge in [-0.25, -0.2) is 13.1 Å². The molecule has 0 aliphatic carbocycles. The second-order valence-corrected chi connectivity index (χ2v) is 9.92. The van der Waals surface area contributed by atoms with Gasteiger partial charge in [0.25, 0.3) is 5.91 Å². The molecule has 0 radical (unpaired) electrons. The van der Waals surface area contributed by atoms with E-state index in [1.165, 1.54) is 30.5 Å². The van der Waals surface area contributed by atoms with Gasteiger partial charge in [0.1, 0.15) is 5.76 Å². The van der Waals surface area contributed by atoms with E-state index in [4.69, 9.17) is 4.42 Å². The summed E-state index contributed by atoms with van der Waals surface area (Å²) in [6.07, 6.45) is 4.92. The highest BCUT2D eigenvalue weighted by molar-refractivity contribution is 7.89. The average molecular weight is 462 g/mol. The molecule has 2 unspecified atom stereocenters. The van der Waals surface area contributed by atoms with E-state index in [-0.39, 0.29) is 35.2 Å². The van der Waals surface area contributed by atoms with Crippen molar-refractivity contribution in [1.82, 2.24) is 14.9 Å². The first-order chi connectivity index (χ1) is 15.3. The maximum Gasteiger partial charge on any atom is 0.254 e. The topological polar surface area (TPSA) is 109 Å². The van der Waals surface area contributed by atoms with Crippen molar-refractivity contribution in [3.8, 4) is 0 Å². The molecule has 1 aliphatic rings. The summed E-state index contributed by atoms with van der Waals surface area (Å²) in [6.45, 7) is 5.10. The number of likely N-dealkylation sites (tertiary alicyclic amines) is 1. The molecule has 1 aliphatic heterocycles. The summed E-state index contributed by atoms with van der Waals surface area (Å²) in [7, 11) is -3.73. The lowest BCUT2D eigenvalue weighted by molar-refractivity contribution is -0.126. The number of hydrogen-bond donors (Lipinski definition) is 2. The minimum absolute atomic E-state index is 0.00720. The lowest BCUT2D eigenvalue weighted by Gasteiger charge is -2.37. The van der Waals surface area contributed by atoms with Gasteiger partial charge in [0.15, 0.2) is 0 Å². The number of hydrogen-bond acceptors (Lipinski definition) is 5. The molecule has 0 saturated carbocycles. The van der Waals surface area contributed by atoms with Crippen molar-refractivity contribution in [1.29, 1.82) is 0 Å². The van der Waals surface area contributed by atoms with Crippen molar-refractivity contribution in [2.45, 2.75) is 57.0 Å². The van der Waals surface area contributed by atoms with Crippen LogP contribution in [0.2, 0.25) is 0 Å². The molecule has 0 spiro atoms. The van der Waals surface area contributed by atoms with E-state index >= 15 is 0 Å². The zero-order valence-corrected chi connectivity index (χ0v) is 19.4. The van der Waals surface area contributed by atoms with Crippen LogP contribution in [0.25, 0.3) is 0 Å². The Bertz CT molecular complexity index is 1000. The lowest BCUT2D eigenvalue weighted by atomic mass is 9.92. The van der Waals surface area contributed by atoms with Crippen LogP contribution in [0.3, 0.4) is 0 Å². The summed E-state index contributed by atoms with van der Waals surface area (Å²) in [5.41, 5.74) is 0.397. The largest absolute Gasteiger partial charge is 0.468 e. The van der Waals surface area contributed by atoms with Crippen LogP contribution in [0, 0.1) is 5.92 Å². The Balaban J connectivity index is 1.64. The number of furan rings is 1. The SMILES string of the molecule is CCCCNC(=O)C1CCC(C)N(C(=O)c2ccc(S(=O)(=O)NCc3ccco3)cc2)C1. The number of carbonyl (C=O) groups excluding carboxylic acids is 2. The minimum atomic E-state index is -3.73. The summed E-state index contributed by atoms with van der Waals surface area (Å²) >= 11 is 0. The van der Waals surface area contributed by atoms with E-state index in [2.05, 4.69) is 17.0 Å². The molecule has 1 aromatic carbocycles. The first kappa shape index (κ1) is 24.0. The maximum absolute atomic E-state index is 13.1. The third-order valence-electron chi connectivity index (χ3n) is 5.77. The molecule has 2 atom stereocenters. The summed E-state index contributed by atoms with van der Waals surface area (Å²) in [5.74, 6) is 0.0773. The number of rotatable bonds is 9. The fourth-order valence-corrected chi connectivity index (χ4v) is 4.74. The second kappa shape index (κ2) is 10.8. The number of nitrogens with one attached hydrogen (secondary N) is 2. The summed E-state index contributed by atoms with van der Waals surface area (Å²) in [5, 5.41) is 2.96. The standard InChI is InChI=1S/C23H31N3O5S/c1-3-4-13-24-22(27)19-8-7-17(2)26(16-19)23(28)18-9-11-21(12-10-18)32(29,30)25-15-20-6-5-14-31-20/h5-6,9-12,14,17,19,25H,3-4,7-8,13,15-16H2,1-2H3,(H,24,27). The lowest BCUT2D eigenvalue weighted by Crippen LogP contribution is -2.49. The van der Waals surface area contributed by atoms with Crippen LogP contribution in [-0.2, 0) is 21.4 Å². The Kier molecular flexibility index (Phi) is 8.09. The Hall–Kier alpha value is -2.65. The van der Waals surface area contributed by atoms with Gasteiger partial charge in [-0.2, -0.15) is 0 Å². The molecule has 174 valence electrons. The van der Waals surface area contributed by atoms with E-state index in [1.807, 2.05) is 6.92 Å². The van der Waals surface area contributed by atoms with Gasteiger partial charge >= 0.3 is 0 Å². The van der Waals surface area contributed by atoms with Crippen LogP contribution in [0.5, 0.6) is 0 Å². The van der Waals surface area contributed by atoms with E-state index in [0.29, 0.717) is 24.4 Å². The molecule has 2 amide bonds. The molecular formula is C23H31N3O5S. The maximum atomic E-state index is 13.1. The molecule has 9 heteroatoms. The number of piperidine rings is 1. The zero-order chi connectivity index (χ0) is 23.1. The van der Waals surface area contributed by atoms with Gasteiger partial charge in [-0.1, -0.05) is 13.3 Å². The van der Waals surface area contributed by atoms with Crippen molar-refractivity contribution in [2.24, 2.45) is 5.92 Å². The Morgan fingerprint density at radius 1 is 1.16 bits per heavy atom. The summed E-state index contributed by atoms with van der Waals surface area (Å²) in [6, 6.07) is 9.25. The zero-order valence-electron chi connectivity index (χ0n) is 18.5. The highest BCUT2D eigenvalue weighted by Crippen LogP contribution is 2.24. The van der Waals surface area contributed by atoms with Crippen LogP contribution in [0.4, 0.5) is 0 Å². The third-order valence-corrected chi connectivity index (χ3v) is 7.19. The van der Waals surface area contributed by atoms with E-state index in [1.54, 1.807) is 17.0 Å². The fraction of sp³-hybridized carbons (Fsp3) is 0.478. The molecule has 1 aromatic heterocycles. The number of nitrogens with zero attached hydrogens (tertiary/aromatic N) is 1. The van der Waals surface area contributed by atoms with Crippen molar-refractivity contribution in [3.63, 3.8) is 0 Å². The quantitative estimate of drug-likeness (QED) is 0.558. The van der Waals surface area contributed by atoms with Gasteiger partial charge in [-0.15, -0.1) is 0 Å². The smallest absolute Gasteiger partial charge is 0.254 e. The van der Waals surface area contributed by atoms with Crippen molar-refractivity contribution in [3.05, 3.63) is 54.0 Å². The van der Waals surface area contributed by atoms with Crippen molar-refractivity contribution >= 4 is 21.8 Å². The predicted molar refractivity (Wildman–Crippen MR) is 120 cm³/mol. The van der Waals surface area contributed by atoms with E-state index in [0.717, 1.165) is 25.7 Å². The normalized spacial score (nSPS) is 19.0. The molecule has 8 nitrogen and oxygen atoms in total. The van der Waals surface area contributed by atoms with Crippen molar-refractivity contribution < 1.29 is 22.4 Å². The van der Waals surface area contributed by atoms with Crippen LogP contribution >= 0.6 is 0 Å². The Labute approximate surface area is 189 Å². The number of benzene rings is 1. The highest BCUT2D eigenvalue weighted by atomic mass is 32.2. The molecule has 32 heavy (non-hydrogen) atoms. The van der Waals surface area contributed by atoms with E-state index in [9.17, 15) is 18.0 Å². The van der Waals surface area contributed by atoms with Gasteiger partial charge in [0.05, 0.1) is 23.6 Å². The van der Waals surface area contributed by atoms with Crippen LogP contribution < -0.4 is 10.0 Å². The molecule has 2 heterocycles. The van der Waals surface area contributed by atoms with Gasteiger partial charge < -0.3 is 14.6 Å². The van der Waals surface area contributed by atoms with Gasteiger partial charge in [-0.05, 0) is 62.6 Å². The number of carbonyl (C=O) groups is 2.